The molecule has 0 fully saturated rings. The summed E-state index contributed by atoms with van der Waals surface area (Å²) in [6.45, 7) is -2.33. The van der Waals surface area contributed by atoms with Crippen LogP contribution in [0.3, 0.4) is 0 Å². The van der Waals surface area contributed by atoms with Crippen LogP contribution in [-0.4, -0.2) is 26.6 Å². The molecule has 2 aliphatic rings. The molecule has 0 saturated heterocycles. The zero-order valence-electron chi connectivity index (χ0n) is 16.6. The lowest BCUT2D eigenvalue weighted by atomic mass is 9.86. The Morgan fingerprint density at radius 3 is 2.00 bits per heavy atom. The fraction of sp³-hybridized carbons (Fsp3) is 0.0500. The molecule has 0 bridgehead atoms. The van der Waals surface area contributed by atoms with Crippen LogP contribution in [0.15, 0.2) is 66.0 Å². The molecule has 4 heterocycles. The predicted molar refractivity (Wildman–Crippen MR) is 161 cm³/mol. The zero-order valence-corrected chi connectivity index (χ0v) is 29.2. The number of nitrogens with one attached hydrogen (secondary N) is 1. The lowest BCUT2D eigenvalue weighted by Gasteiger charge is -2.33. The first-order valence-corrected chi connectivity index (χ1v) is 15.8. The van der Waals surface area contributed by atoms with Crippen LogP contribution < -0.4 is 0 Å². The zero-order chi connectivity index (χ0) is 24.9. The number of benzene rings is 1. The number of nitrogens with zero attached hydrogens (tertiary/aromatic N) is 2. The average Bonchev–Trinajstić information content (AvgIpc) is 3.29. The summed E-state index contributed by atoms with van der Waals surface area (Å²) in [6, 6.07) is 7.83. The van der Waals surface area contributed by atoms with Gasteiger partial charge in [-0.05, 0) is 140 Å². The van der Waals surface area contributed by atoms with Gasteiger partial charge in [0.1, 0.15) is 14.7 Å². The summed E-state index contributed by atoms with van der Waals surface area (Å²) in [7, 11) is 0. The van der Waals surface area contributed by atoms with Crippen molar-refractivity contribution in [1.82, 2.24) is 9.46 Å². The van der Waals surface area contributed by atoms with Crippen molar-refractivity contribution in [3.05, 3.63) is 88.5 Å². The average molecular weight is 978 g/mol. The highest BCUT2D eigenvalue weighted by molar-refractivity contribution is 9.15. The summed E-state index contributed by atoms with van der Waals surface area (Å²) >= 11 is 28.1. The highest BCUT2D eigenvalue weighted by Gasteiger charge is 2.59. The number of aromatic amines is 1. The Morgan fingerprint density at radius 1 is 0.824 bits per heavy atom. The third-order valence-corrected chi connectivity index (χ3v) is 14.3. The number of aryl methyl sites for hydroxylation is 1. The third kappa shape index (κ3) is 3.66. The molecule has 34 heavy (non-hydrogen) atoms. The molecule has 176 valence electrons. The summed E-state index contributed by atoms with van der Waals surface area (Å²) in [5.74, 6) is 0. The molecule has 3 nitrogen and oxygen atoms in total. The second-order valence-corrected chi connectivity index (χ2v) is 13.9. The van der Waals surface area contributed by atoms with Crippen molar-refractivity contribution in [3.63, 3.8) is 0 Å². The normalized spacial score (nSPS) is 17.1. The quantitative estimate of drug-likeness (QED) is 0.248. The highest BCUT2D eigenvalue weighted by atomic mass is 79.9. The van der Waals surface area contributed by atoms with E-state index < -0.39 is 6.97 Å². The van der Waals surface area contributed by atoms with Crippen molar-refractivity contribution in [2.45, 2.75) is 6.92 Å². The van der Waals surface area contributed by atoms with Crippen LogP contribution >= 0.6 is 127 Å². The van der Waals surface area contributed by atoms with E-state index in [0.29, 0.717) is 59.8 Å². The minimum absolute atomic E-state index is 0.245. The standard InChI is InChI=1S/C20H8BBr8F2N3/c1-6-2-4-7(5-3-6)8-16-10(23)11(24)18(15-9(22)13(26)19(28)32-15)33(16)21(30,31)34-17(8)12(25)14(27)20(34)29/h2-5,32H,1H3. The van der Waals surface area contributed by atoms with Crippen molar-refractivity contribution < 1.29 is 13.1 Å². The van der Waals surface area contributed by atoms with Gasteiger partial charge in [0.15, 0.2) is 11.4 Å². The first-order valence-electron chi connectivity index (χ1n) is 9.43. The smallest absolute Gasteiger partial charge is 0.389 e. The van der Waals surface area contributed by atoms with Gasteiger partial charge in [-0.1, -0.05) is 29.8 Å². The lowest BCUT2D eigenvalue weighted by molar-refractivity contribution is -0.361. The van der Waals surface area contributed by atoms with Crippen LogP contribution in [0.5, 0.6) is 0 Å². The van der Waals surface area contributed by atoms with Crippen LogP contribution in [-0.2, 0) is 0 Å². The van der Waals surface area contributed by atoms with Crippen molar-refractivity contribution in [2.24, 2.45) is 0 Å². The SMILES string of the molecule is Cc1ccc(C2=C3C(Br)=C(Br)C(c4[nH]c(Br)c(Br)c4Br)=[N+]3[B-](F)(F)n3c(Br)c(Br)c(Br)c32)cc1. The second kappa shape index (κ2) is 9.16. The van der Waals surface area contributed by atoms with Crippen LogP contribution in [0.4, 0.5) is 8.63 Å². The van der Waals surface area contributed by atoms with E-state index in [2.05, 4.69) is 132 Å². The molecule has 3 aromatic rings. The Balaban J connectivity index is 2.01. The van der Waals surface area contributed by atoms with Gasteiger partial charge in [-0.15, -0.1) is 0 Å². The Labute approximate surface area is 260 Å². The van der Waals surface area contributed by atoms with Gasteiger partial charge in [0.25, 0.3) is 0 Å². The summed E-state index contributed by atoms with van der Waals surface area (Å²) in [6.07, 6.45) is 0. The molecule has 0 aliphatic carbocycles. The predicted octanol–water partition coefficient (Wildman–Crippen LogP) is 10.2. The van der Waals surface area contributed by atoms with E-state index in [1.807, 2.05) is 31.2 Å². The molecular formula is C20H8BBr8F2N3. The van der Waals surface area contributed by atoms with Gasteiger partial charge in [0.2, 0.25) is 0 Å². The summed E-state index contributed by atoms with van der Waals surface area (Å²) < 4.78 is 39.6. The summed E-state index contributed by atoms with van der Waals surface area (Å²) in [4.78, 5) is 3.17. The molecule has 0 spiro atoms. The maximum atomic E-state index is 16.6. The fourth-order valence-electron chi connectivity index (χ4n) is 4.14. The second-order valence-electron chi connectivity index (χ2n) is 7.60. The van der Waals surface area contributed by atoms with Crippen molar-refractivity contribution >= 4 is 146 Å². The molecule has 2 aromatic heterocycles. The Hall–Kier alpha value is 0.695. The van der Waals surface area contributed by atoms with E-state index in [-0.39, 0.29) is 4.60 Å². The number of halogens is 10. The van der Waals surface area contributed by atoms with Crippen LogP contribution in [0.25, 0.3) is 5.57 Å². The van der Waals surface area contributed by atoms with Crippen molar-refractivity contribution in [3.8, 4) is 0 Å². The molecule has 14 heteroatoms. The molecule has 0 radical (unpaired) electrons. The monoisotopic (exact) mass is 970 g/mol. The van der Waals surface area contributed by atoms with E-state index in [0.717, 1.165) is 20.1 Å². The number of hydrogen-bond donors (Lipinski definition) is 1. The number of H-pyrrole nitrogens is 1. The Morgan fingerprint density at radius 2 is 1.44 bits per heavy atom. The minimum atomic E-state index is -4.33. The molecule has 1 aromatic carbocycles. The molecule has 0 atom stereocenters. The molecule has 0 amide bonds. The van der Waals surface area contributed by atoms with Gasteiger partial charge in [-0.25, -0.2) is 0 Å². The van der Waals surface area contributed by atoms with Gasteiger partial charge in [0, 0.05) is 5.69 Å². The van der Waals surface area contributed by atoms with E-state index in [1.165, 1.54) is 0 Å². The lowest BCUT2D eigenvalue weighted by Crippen LogP contribution is -2.51. The van der Waals surface area contributed by atoms with Gasteiger partial charge < -0.3 is 22.6 Å². The molecule has 2 aliphatic heterocycles. The van der Waals surface area contributed by atoms with Gasteiger partial charge in [0.05, 0.1) is 32.7 Å². The van der Waals surface area contributed by atoms with Gasteiger partial charge >= 0.3 is 6.97 Å². The maximum absolute atomic E-state index is 16.6. The molecule has 0 unspecified atom stereocenters. The van der Waals surface area contributed by atoms with E-state index in [4.69, 9.17) is 0 Å². The number of allylic oxidation sites excluding steroid dienone is 2. The number of rotatable bonds is 2. The van der Waals surface area contributed by atoms with E-state index in [1.54, 1.807) is 0 Å². The molecule has 5 rings (SSSR count). The van der Waals surface area contributed by atoms with E-state index in [9.17, 15) is 0 Å². The number of fused-ring (bicyclic) bond motifs is 2. The summed E-state index contributed by atoms with van der Waals surface area (Å²) in [5.41, 5.74) is 4.09. The third-order valence-electron chi connectivity index (χ3n) is 5.64. The molecule has 1 N–H and O–H groups in total. The summed E-state index contributed by atoms with van der Waals surface area (Å²) in [5, 5.41) is 0. The number of aromatic nitrogens is 2. The minimum Gasteiger partial charge on any atom is -0.389 e. The molecular weight excluding hydrogens is 970 g/mol. The van der Waals surface area contributed by atoms with Crippen molar-refractivity contribution in [2.75, 3.05) is 0 Å². The topological polar surface area (TPSA) is 23.7 Å². The largest absolute Gasteiger partial charge is 0.738 e. The van der Waals surface area contributed by atoms with Crippen LogP contribution in [0, 0.1) is 6.92 Å². The maximum Gasteiger partial charge on any atom is 0.738 e. The Kier molecular flexibility index (Phi) is 7.09. The van der Waals surface area contributed by atoms with Crippen molar-refractivity contribution in [1.29, 1.82) is 0 Å². The van der Waals surface area contributed by atoms with Crippen LogP contribution in [0.1, 0.15) is 22.5 Å². The van der Waals surface area contributed by atoms with Gasteiger partial charge in [-0.2, -0.15) is 0 Å². The first-order chi connectivity index (χ1) is 15.9. The number of hydrogen-bond acceptors (Lipinski definition) is 0. The first kappa shape index (κ1) is 26.3. The highest BCUT2D eigenvalue weighted by Crippen LogP contribution is 2.53. The Bertz CT molecular complexity index is 1520. The van der Waals surface area contributed by atoms with E-state index >= 15 is 8.63 Å². The molecule has 0 saturated carbocycles. The van der Waals surface area contributed by atoms with Gasteiger partial charge in [-0.3, -0.25) is 0 Å². The fourth-order valence-corrected chi connectivity index (χ4v) is 8.58. The van der Waals surface area contributed by atoms with Crippen LogP contribution in [0.2, 0.25) is 0 Å².